The van der Waals surface area contributed by atoms with E-state index in [-0.39, 0.29) is 18.9 Å². The molecular weight excluding hydrogens is 408 g/mol. The van der Waals surface area contributed by atoms with Gasteiger partial charge in [0.1, 0.15) is 11.5 Å². The van der Waals surface area contributed by atoms with Crippen molar-refractivity contribution in [2.24, 2.45) is 5.73 Å². The first kappa shape index (κ1) is 20.9. The predicted octanol–water partition coefficient (Wildman–Crippen LogP) is 2.94. The Balaban J connectivity index is 1.44. The van der Waals surface area contributed by atoms with Crippen LogP contribution < -0.4 is 21.1 Å². The van der Waals surface area contributed by atoms with Crippen molar-refractivity contribution in [3.05, 3.63) is 90.4 Å². The van der Waals surface area contributed by atoms with E-state index in [4.69, 9.17) is 10.5 Å². The van der Waals surface area contributed by atoms with Gasteiger partial charge in [0.15, 0.2) is 11.5 Å². The van der Waals surface area contributed by atoms with Gasteiger partial charge in [0, 0.05) is 6.20 Å². The fourth-order valence-electron chi connectivity index (χ4n) is 3.29. The number of ether oxygens (including phenoxy) is 1. The number of nitrogens with zero attached hydrogens (tertiary/aromatic N) is 3. The molecule has 0 aliphatic rings. The van der Waals surface area contributed by atoms with Gasteiger partial charge in [0.25, 0.3) is 0 Å². The molecule has 4 aromatic rings. The Bertz CT molecular complexity index is 1220. The summed E-state index contributed by atoms with van der Waals surface area (Å²) in [5.74, 6) is 1.60. The maximum atomic E-state index is 12.6. The van der Waals surface area contributed by atoms with Gasteiger partial charge in [-0.15, -0.1) is 10.2 Å². The van der Waals surface area contributed by atoms with Crippen LogP contribution in [0.15, 0.2) is 79.0 Å². The van der Waals surface area contributed by atoms with Gasteiger partial charge in [-0.05, 0) is 42.0 Å². The summed E-state index contributed by atoms with van der Waals surface area (Å²) in [5, 5.41) is 13.6. The van der Waals surface area contributed by atoms with Crippen LogP contribution in [0.4, 0.5) is 4.79 Å². The summed E-state index contributed by atoms with van der Waals surface area (Å²) in [4.78, 5) is 24.2. The number of rotatable bonds is 8. The van der Waals surface area contributed by atoms with E-state index in [0.717, 1.165) is 0 Å². The highest BCUT2D eigenvalue weighted by Crippen LogP contribution is 2.26. The second kappa shape index (κ2) is 9.61. The summed E-state index contributed by atoms with van der Waals surface area (Å²) in [5.41, 5.74) is 6.74. The van der Waals surface area contributed by atoms with Gasteiger partial charge in [-0.2, -0.15) is 0 Å². The van der Waals surface area contributed by atoms with Gasteiger partial charge in [0.05, 0.1) is 19.0 Å². The van der Waals surface area contributed by atoms with E-state index in [9.17, 15) is 9.59 Å². The molecule has 4 N–H and O–H groups in total. The molecule has 1 atom stereocenters. The third-order valence-corrected chi connectivity index (χ3v) is 4.77. The molecule has 2 heterocycles. The van der Waals surface area contributed by atoms with E-state index in [1.54, 1.807) is 28.7 Å². The van der Waals surface area contributed by atoms with Crippen LogP contribution in [-0.4, -0.2) is 26.5 Å². The zero-order chi connectivity index (χ0) is 22.3. The Kier molecular flexibility index (Phi) is 6.26. The van der Waals surface area contributed by atoms with Crippen LogP contribution in [0.25, 0.3) is 5.65 Å². The topological polar surface area (TPSA) is 124 Å². The van der Waals surface area contributed by atoms with Crippen molar-refractivity contribution >= 4 is 17.6 Å². The number of hydrogen-bond donors (Lipinski definition) is 3. The van der Waals surface area contributed by atoms with Gasteiger partial charge in [-0.25, -0.2) is 4.79 Å². The van der Waals surface area contributed by atoms with E-state index >= 15 is 0 Å². The fourth-order valence-corrected chi connectivity index (χ4v) is 3.29. The number of benzene rings is 2. The molecule has 0 aliphatic heterocycles. The van der Waals surface area contributed by atoms with Crippen molar-refractivity contribution in [3.63, 3.8) is 0 Å². The van der Waals surface area contributed by atoms with E-state index in [1.807, 2.05) is 54.7 Å². The number of nitrogens with two attached hydrogens (primary N) is 1. The minimum absolute atomic E-state index is 0.00549. The summed E-state index contributed by atoms with van der Waals surface area (Å²) in [6.45, 7) is 0.199. The standard InChI is InChI=1S/C23H22N6O3/c24-23(31)26-19(16-7-6-10-18(13-16)32-17-8-2-1-3-9-17)14-22(30)25-15-21-28-27-20-11-4-5-12-29(20)21/h1-13,19H,14-15H2,(H,25,30)(H3,24,26,31)/t19-/m1/s1. The van der Waals surface area contributed by atoms with Gasteiger partial charge >= 0.3 is 6.03 Å². The van der Waals surface area contributed by atoms with E-state index in [1.165, 1.54) is 0 Å². The lowest BCUT2D eigenvalue weighted by molar-refractivity contribution is -0.121. The molecule has 0 aliphatic carbocycles. The molecule has 0 spiro atoms. The molecule has 0 fully saturated rings. The normalized spacial score (nSPS) is 11.6. The smallest absolute Gasteiger partial charge is 0.312 e. The van der Waals surface area contributed by atoms with Crippen molar-refractivity contribution in [1.29, 1.82) is 0 Å². The van der Waals surface area contributed by atoms with E-state index in [0.29, 0.717) is 28.5 Å². The minimum Gasteiger partial charge on any atom is -0.457 e. The third-order valence-electron chi connectivity index (χ3n) is 4.77. The van der Waals surface area contributed by atoms with Crippen molar-refractivity contribution < 1.29 is 14.3 Å². The summed E-state index contributed by atoms with van der Waals surface area (Å²) in [6.07, 6.45) is 1.82. The lowest BCUT2D eigenvalue weighted by atomic mass is 10.0. The zero-order valence-electron chi connectivity index (χ0n) is 17.1. The van der Waals surface area contributed by atoms with Crippen molar-refractivity contribution in [2.45, 2.75) is 19.0 Å². The largest absolute Gasteiger partial charge is 0.457 e. The molecular formula is C23H22N6O3. The quantitative estimate of drug-likeness (QED) is 0.397. The average Bonchev–Trinajstić information content (AvgIpc) is 3.21. The number of urea groups is 1. The SMILES string of the molecule is NC(=O)N[C@H](CC(=O)NCc1nnc2ccccn12)c1cccc(Oc2ccccc2)c1. The highest BCUT2D eigenvalue weighted by Gasteiger charge is 2.19. The van der Waals surface area contributed by atoms with Crippen LogP contribution in [0.3, 0.4) is 0 Å². The number of para-hydroxylation sites is 1. The average molecular weight is 430 g/mol. The second-order valence-electron chi connectivity index (χ2n) is 7.07. The fraction of sp³-hybridized carbons (Fsp3) is 0.130. The van der Waals surface area contributed by atoms with Crippen LogP contribution in [-0.2, 0) is 11.3 Å². The number of carbonyl (C=O) groups is 2. The molecule has 4 rings (SSSR count). The van der Waals surface area contributed by atoms with Gasteiger partial charge in [-0.1, -0.05) is 36.4 Å². The van der Waals surface area contributed by atoms with Crippen LogP contribution in [0, 0.1) is 0 Å². The first-order valence-electron chi connectivity index (χ1n) is 10.0. The third kappa shape index (κ3) is 5.20. The lowest BCUT2D eigenvalue weighted by Gasteiger charge is -2.18. The summed E-state index contributed by atoms with van der Waals surface area (Å²) < 4.78 is 7.65. The summed E-state index contributed by atoms with van der Waals surface area (Å²) in [6, 6.07) is 20.7. The van der Waals surface area contributed by atoms with Crippen LogP contribution in [0.5, 0.6) is 11.5 Å². The lowest BCUT2D eigenvalue weighted by Crippen LogP contribution is -2.36. The number of primary amides is 1. The first-order valence-corrected chi connectivity index (χ1v) is 10.0. The molecule has 2 aromatic heterocycles. The Morgan fingerprint density at radius 1 is 0.969 bits per heavy atom. The predicted molar refractivity (Wildman–Crippen MR) is 118 cm³/mol. The van der Waals surface area contributed by atoms with Crippen molar-refractivity contribution in [3.8, 4) is 11.5 Å². The van der Waals surface area contributed by atoms with E-state index in [2.05, 4.69) is 20.8 Å². The maximum Gasteiger partial charge on any atom is 0.312 e. The van der Waals surface area contributed by atoms with Gasteiger partial charge in [-0.3, -0.25) is 9.20 Å². The number of aromatic nitrogens is 3. The Labute approximate surface area is 184 Å². The summed E-state index contributed by atoms with van der Waals surface area (Å²) >= 11 is 0. The monoisotopic (exact) mass is 430 g/mol. The molecule has 32 heavy (non-hydrogen) atoms. The Hall–Kier alpha value is -4.40. The molecule has 0 bridgehead atoms. The number of hydrogen-bond acceptors (Lipinski definition) is 5. The molecule has 9 nitrogen and oxygen atoms in total. The van der Waals surface area contributed by atoms with Crippen LogP contribution >= 0.6 is 0 Å². The minimum atomic E-state index is -0.722. The number of carbonyl (C=O) groups excluding carboxylic acids is 2. The van der Waals surface area contributed by atoms with Crippen LogP contribution in [0.2, 0.25) is 0 Å². The Morgan fingerprint density at radius 2 is 1.75 bits per heavy atom. The first-order chi connectivity index (χ1) is 15.6. The summed E-state index contributed by atoms with van der Waals surface area (Å²) in [7, 11) is 0. The van der Waals surface area contributed by atoms with Gasteiger partial charge in [0.2, 0.25) is 5.91 Å². The Morgan fingerprint density at radius 3 is 2.56 bits per heavy atom. The highest BCUT2D eigenvalue weighted by atomic mass is 16.5. The number of nitrogens with one attached hydrogen (secondary N) is 2. The molecule has 0 radical (unpaired) electrons. The molecule has 3 amide bonds. The second-order valence-corrected chi connectivity index (χ2v) is 7.07. The molecule has 0 unspecified atom stereocenters. The maximum absolute atomic E-state index is 12.6. The number of amides is 3. The molecule has 9 heteroatoms. The van der Waals surface area contributed by atoms with Crippen molar-refractivity contribution in [2.75, 3.05) is 0 Å². The number of pyridine rings is 1. The molecule has 0 saturated heterocycles. The zero-order valence-corrected chi connectivity index (χ0v) is 17.1. The van der Waals surface area contributed by atoms with E-state index < -0.39 is 12.1 Å². The highest BCUT2D eigenvalue weighted by molar-refractivity contribution is 5.78. The molecule has 2 aromatic carbocycles. The number of fused-ring (bicyclic) bond motifs is 1. The van der Waals surface area contributed by atoms with Gasteiger partial charge < -0.3 is 21.1 Å². The van der Waals surface area contributed by atoms with Crippen molar-refractivity contribution in [1.82, 2.24) is 25.2 Å². The molecule has 162 valence electrons. The van der Waals surface area contributed by atoms with Crippen LogP contribution in [0.1, 0.15) is 23.9 Å². The molecule has 0 saturated carbocycles.